The third-order valence-electron chi connectivity index (χ3n) is 4.75. The zero-order valence-corrected chi connectivity index (χ0v) is 18.0. The molecule has 1 amide bonds. The summed E-state index contributed by atoms with van der Waals surface area (Å²) in [5, 5.41) is 21.3. The van der Waals surface area contributed by atoms with Crippen LogP contribution < -0.4 is 10.1 Å². The molecule has 1 aromatic heterocycles. The summed E-state index contributed by atoms with van der Waals surface area (Å²) in [5.41, 5.74) is 2.19. The van der Waals surface area contributed by atoms with Crippen molar-refractivity contribution in [1.29, 1.82) is 5.41 Å². The van der Waals surface area contributed by atoms with Crippen molar-refractivity contribution in [2.24, 2.45) is 0 Å². The average Bonchev–Trinajstić information content (AvgIpc) is 3.36. The van der Waals surface area contributed by atoms with Gasteiger partial charge in [0, 0.05) is 34.9 Å². The maximum absolute atomic E-state index is 13.1. The lowest BCUT2D eigenvalue weighted by Gasteiger charge is -2.15. The molecule has 0 saturated carbocycles. The molecule has 0 atom stereocenters. The van der Waals surface area contributed by atoms with Crippen LogP contribution in [0.25, 0.3) is 16.8 Å². The van der Waals surface area contributed by atoms with Crippen LogP contribution in [0, 0.1) is 5.41 Å². The molecule has 8 heteroatoms. The summed E-state index contributed by atoms with van der Waals surface area (Å²) in [6.45, 7) is 0. The highest BCUT2D eigenvalue weighted by Gasteiger charge is 2.19. The van der Waals surface area contributed by atoms with E-state index in [1.165, 1.54) is 10.9 Å². The summed E-state index contributed by atoms with van der Waals surface area (Å²) in [5.74, 6) is -0.0854. The van der Waals surface area contributed by atoms with Crippen molar-refractivity contribution < 1.29 is 14.6 Å². The van der Waals surface area contributed by atoms with E-state index < -0.39 is 5.91 Å². The third-order valence-corrected chi connectivity index (χ3v) is 5.00. The first kappa shape index (κ1) is 21.9. The monoisotopic (exact) mass is 458 g/mol. The van der Waals surface area contributed by atoms with Gasteiger partial charge < -0.3 is 25.1 Å². The number of allylic oxidation sites excluding steroid dienone is 1. The Balaban J connectivity index is 1.66. The summed E-state index contributed by atoms with van der Waals surface area (Å²) in [6.07, 6.45) is 5.65. The normalized spacial score (nSPS) is 11.4. The van der Waals surface area contributed by atoms with Gasteiger partial charge in [-0.1, -0.05) is 41.9 Å². The molecule has 0 aliphatic rings. The molecule has 0 saturated heterocycles. The molecule has 0 unspecified atom stereocenters. The van der Waals surface area contributed by atoms with Crippen molar-refractivity contribution in [3.05, 3.63) is 102 Å². The minimum atomic E-state index is -0.547. The zero-order chi connectivity index (χ0) is 23.2. The summed E-state index contributed by atoms with van der Waals surface area (Å²) in [6, 6.07) is 20.6. The van der Waals surface area contributed by atoms with Crippen LogP contribution in [0.1, 0.15) is 0 Å². The number of nitrogens with one attached hydrogen (secondary N) is 2. The van der Waals surface area contributed by atoms with E-state index >= 15 is 0 Å². The van der Waals surface area contributed by atoms with Crippen LogP contribution in [0.15, 0.2) is 97.3 Å². The number of aromatic nitrogens is 2. The number of phenolic OH excluding ortho intramolecular Hbond substituents is 1. The van der Waals surface area contributed by atoms with Crippen molar-refractivity contribution in [2.45, 2.75) is 0 Å². The Bertz CT molecular complexity index is 1300. The number of amides is 1. The summed E-state index contributed by atoms with van der Waals surface area (Å²) in [7, 11) is 0. The summed E-state index contributed by atoms with van der Waals surface area (Å²) in [4.78, 5) is 17.1. The van der Waals surface area contributed by atoms with E-state index in [0.717, 1.165) is 11.8 Å². The van der Waals surface area contributed by atoms with Crippen molar-refractivity contribution in [3.8, 4) is 22.6 Å². The second-order valence-electron chi connectivity index (χ2n) is 6.93. The van der Waals surface area contributed by atoms with Gasteiger partial charge in [-0.3, -0.25) is 4.79 Å². The first-order valence-corrected chi connectivity index (χ1v) is 10.3. The van der Waals surface area contributed by atoms with Crippen molar-refractivity contribution in [2.75, 3.05) is 5.32 Å². The fourth-order valence-electron chi connectivity index (χ4n) is 3.13. The molecule has 0 radical (unpaired) electrons. The largest absolute Gasteiger partial charge is 0.507 e. The Hall–Kier alpha value is -4.36. The molecule has 0 bridgehead atoms. The van der Waals surface area contributed by atoms with E-state index in [-0.39, 0.29) is 17.2 Å². The average molecular weight is 459 g/mol. The van der Waals surface area contributed by atoms with Crippen molar-refractivity contribution >= 4 is 35.1 Å². The molecule has 0 fully saturated rings. The second kappa shape index (κ2) is 9.84. The minimum absolute atomic E-state index is 0.0896. The van der Waals surface area contributed by atoms with Gasteiger partial charge in [-0.2, -0.15) is 0 Å². The third kappa shape index (κ3) is 5.11. The van der Waals surface area contributed by atoms with Crippen LogP contribution in [0.2, 0.25) is 5.02 Å². The van der Waals surface area contributed by atoms with E-state index in [0.29, 0.717) is 22.0 Å². The smallest absolute Gasteiger partial charge is 0.293 e. The van der Waals surface area contributed by atoms with Gasteiger partial charge >= 0.3 is 0 Å². The first-order chi connectivity index (χ1) is 16.0. The fraction of sp³-hybridized carbons (Fsp3) is 0. The Morgan fingerprint density at radius 1 is 1.06 bits per heavy atom. The second-order valence-corrected chi connectivity index (χ2v) is 7.37. The molecule has 4 rings (SSSR count). The quantitative estimate of drug-likeness (QED) is 0.195. The molecule has 3 aromatic carbocycles. The number of anilines is 1. The van der Waals surface area contributed by atoms with Crippen LogP contribution >= 0.6 is 11.6 Å². The molecule has 0 spiro atoms. The van der Waals surface area contributed by atoms with Gasteiger partial charge in [-0.25, -0.2) is 4.98 Å². The predicted molar refractivity (Wildman–Crippen MR) is 128 cm³/mol. The number of phenols is 1. The number of aromatic hydroxyl groups is 1. The molecular formula is C25H19ClN4O3. The predicted octanol–water partition coefficient (Wildman–Crippen LogP) is 5.44. The van der Waals surface area contributed by atoms with Crippen LogP contribution in [-0.2, 0) is 4.79 Å². The van der Waals surface area contributed by atoms with Gasteiger partial charge in [-0.15, -0.1) is 0 Å². The number of benzene rings is 3. The maximum Gasteiger partial charge on any atom is 0.293 e. The topological polar surface area (TPSA) is 100 Å². The molecule has 1 heterocycles. The number of halogens is 1. The maximum atomic E-state index is 13.1. The van der Waals surface area contributed by atoms with Gasteiger partial charge in [0.25, 0.3) is 5.91 Å². The van der Waals surface area contributed by atoms with E-state index in [9.17, 15) is 9.90 Å². The van der Waals surface area contributed by atoms with Gasteiger partial charge in [0.05, 0.1) is 6.33 Å². The summed E-state index contributed by atoms with van der Waals surface area (Å²) < 4.78 is 7.46. The number of carbonyl (C=O) groups is 1. The highest BCUT2D eigenvalue weighted by molar-refractivity contribution is 6.30. The SMILES string of the molecule is N=C/C(=C(/Oc1ccc(-c2ccccc2O)cc1)C(=O)Nc1ccc(Cl)cc1)n1ccnc1. The van der Waals surface area contributed by atoms with Crippen molar-refractivity contribution in [1.82, 2.24) is 9.55 Å². The van der Waals surface area contributed by atoms with E-state index in [4.69, 9.17) is 21.7 Å². The minimum Gasteiger partial charge on any atom is -0.507 e. The van der Waals surface area contributed by atoms with Gasteiger partial charge in [0.15, 0.2) is 0 Å². The van der Waals surface area contributed by atoms with Crippen LogP contribution in [-0.4, -0.2) is 26.8 Å². The van der Waals surface area contributed by atoms with Crippen LogP contribution in [0.4, 0.5) is 5.69 Å². The standard InChI is InChI=1S/C25H19ClN4O3/c26-18-7-9-19(10-8-18)29-25(32)24(22(15-27)30-14-13-28-16-30)33-20-11-5-17(6-12-20)21-3-1-2-4-23(21)31/h1-16,27,31H,(H,29,32)/b24-22-,27-15?. The Morgan fingerprint density at radius 2 is 1.79 bits per heavy atom. The lowest BCUT2D eigenvalue weighted by atomic mass is 10.0. The van der Waals surface area contributed by atoms with E-state index in [2.05, 4.69) is 10.3 Å². The molecule has 3 N–H and O–H groups in total. The summed E-state index contributed by atoms with van der Waals surface area (Å²) >= 11 is 5.92. The number of nitrogens with zero attached hydrogens (tertiary/aromatic N) is 2. The number of imidazole rings is 1. The Labute approximate surface area is 195 Å². The van der Waals surface area contributed by atoms with Crippen molar-refractivity contribution in [3.63, 3.8) is 0 Å². The number of hydrogen-bond acceptors (Lipinski definition) is 5. The highest BCUT2D eigenvalue weighted by atomic mass is 35.5. The number of hydrogen-bond donors (Lipinski definition) is 3. The Morgan fingerprint density at radius 3 is 2.42 bits per heavy atom. The van der Waals surface area contributed by atoms with Gasteiger partial charge in [-0.05, 0) is 48.0 Å². The molecule has 0 aliphatic heterocycles. The molecule has 33 heavy (non-hydrogen) atoms. The van der Waals surface area contributed by atoms with Crippen LogP contribution in [0.5, 0.6) is 11.5 Å². The van der Waals surface area contributed by atoms with E-state index in [1.54, 1.807) is 73.1 Å². The number of para-hydroxylation sites is 1. The fourth-order valence-corrected chi connectivity index (χ4v) is 3.26. The van der Waals surface area contributed by atoms with E-state index in [1.807, 2.05) is 12.1 Å². The van der Waals surface area contributed by atoms with Gasteiger partial charge in [0.2, 0.25) is 5.76 Å². The van der Waals surface area contributed by atoms with Gasteiger partial charge in [0.1, 0.15) is 17.2 Å². The first-order valence-electron chi connectivity index (χ1n) is 9.91. The number of carbonyl (C=O) groups excluding carboxylic acids is 1. The molecule has 164 valence electrons. The zero-order valence-electron chi connectivity index (χ0n) is 17.3. The number of rotatable bonds is 7. The molecule has 7 nitrogen and oxygen atoms in total. The van der Waals surface area contributed by atoms with Crippen LogP contribution in [0.3, 0.4) is 0 Å². The molecular weight excluding hydrogens is 440 g/mol. The molecule has 0 aliphatic carbocycles. The lowest BCUT2D eigenvalue weighted by Crippen LogP contribution is -2.21. The molecule has 4 aromatic rings. The Kier molecular flexibility index (Phi) is 6.52. The number of ether oxygens (including phenoxy) is 1. The lowest BCUT2D eigenvalue weighted by molar-refractivity contribution is -0.114. The highest BCUT2D eigenvalue weighted by Crippen LogP contribution is 2.30.